The summed E-state index contributed by atoms with van der Waals surface area (Å²) in [4.78, 5) is 60.3. The molecule has 1 aromatic heterocycles. The molecule has 1 aromatic carbocycles. The molecule has 0 aliphatic heterocycles. The Balaban J connectivity index is 2.20. The second kappa shape index (κ2) is 12.5. The first kappa shape index (κ1) is 26.5. The maximum atomic E-state index is 12.9. The first-order chi connectivity index (χ1) is 16.1. The van der Waals surface area contributed by atoms with Crippen LogP contribution < -0.4 is 26.9 Å². The minimum Gasteiger partial charge on any atom is -0.481 e. The Morgan fingerprint density at radius 1 is 1.06 bits per heavy atom. The average Bonchev–Trinajstić information content (AvgIpc) is 2.75. The van der Waals surface area contributed by atoms with Crippen molar-refractivity contribution in [2.45, 2.75) is 51.6 Å². The smallest absolute Gasteiger partial charge is 0.336 e. The first-order valence-corrected chi connectivity index (χ1v) is 10.8. The SMILES string of the molecule is CCCC(NC(=O)[CH]NC)C(=O)NC(CCC(=O)O)C(=O)Nc1ccc2c(C)cc(=O)oc2c1. The van der Waals surface area contributed by atoms with Crippen molar-refractivity contribution >= 4 is 40.3 Å². The molecule has 11 nitrogen and oxygen atoms in total. The molecular formula is C23H29N4O7. The minimum absolute atomic E-state index is 0.163. The molecule has 0 spiro atoms. The molecule has 0 saturated carbocycles. The number of aryl methyl sites for hydroxylation is 1. The average molecular weight is 474 g/mol. The number of benzene rings is 1. The molecule has 34 heavy (non-hydrogen) atoms. The Morgan fingerprint density at radius 2 is 1.76 bits per heavy atom. The summed E-state index contributed by atoms with van der Waals surface area (Å²) in [6, 6.07) is 4.05. The van der Waals surface area contributed by atoms with E-state index in [2.05, 4.69) is 21.3 Å². The number of rotatable bonds is 12. The number of likely N-dealkylation sites (N-methyl/N-ethyl adjacent to an activating group) is 1. The van der Waals surface area contributed by atoms with Crippen LogP contribution in [0.2, 0.25) is 0 Å². The van der Waals surface area contributed by atoms with Crippen LogP contribution in [-0.4, -0.2) is 47.9 Å². The Hall–Kier alpha value is -3.73. The molecule has 0 saturated heterocycles. The topological polar surface area (TPSA) is 167 Å². The van der Waals surface area contributed by atoms with E-state index in [4.69, 9.17) is 9.52 Å². The highest BCUT2D eigenvalue weighted by molar-refractivity contribution is 6.00. The molecule has 0 aliphatic carbocycles. The van der Waals surface area contributed by atoms with Crippen LogP contribution >= 0.6 is 0 Å². The number of amides is 3. The maximum absolute atomic E-state index is 12.9. The van der Waals surface area contributed by atoms with Crippen molar-refractivity contribution in [3.8, 4) is 0 Å². The molecular weight excluding hydrogens is 444 g/mol. The standard InChI is InChI=1S/C23H29N4O7/c1-4-5-16(26-19(28)12-24-3)23(33)27-17(8-9-20(29)30)22(32)25-14-6-7-15-13(2)10-21(31)34-18(15)11-14/h6-7,10-12,16-17,24H,4-5,8-9H2,1-3H3,(H,25,32)(H,26,28)(H,27,33)(H,29,30). The third kappa shape index (κ3) is 7.69. The Labute approximate surface area is 196 Å². The summed E-state index contributed by atoms with van der Waals surface area (Å²) in [5.41, 5.74) is 0.776. The van der Waals surface area contributed by atoms with Crippen LogP contribution in [0.4, 0.5) is 5.69 Å². The minimum atomic E-state index is -1.17. The van der Waals surface area contributed by atoms with E-state index in [1.165, 1.54) is 12.1 Å². The number of hydrogen-bond acceptors (Lipinski definition) is 7. The van der Waals surface area contributed by atoms with Gasteiger partial charge in [0.25, 0.3) is 0 Å². The summed E-state index contributed by atoms with van der Waals surface area (Å²) < 4.78 is 5.18. The summed E-state index contributed by atoms with van der Waals surface area (Å²) in [6.07, 6.45) is 0.393. The van der Waals surface area contributed by atoms with E-state index in [1.54, 1.807) is 26.1 Å². The summed E-state index contributed by atoms with van der Waals surface area (Å²) in [5, 5.41) is 20.0. The molecule has 0 fully saturated rings. The Kier molecular flexibility index (Phi) is 9.75. The molecule has 2 atom stereocenters. The molecule has 1 heterocycles. The van der Waals surface area contributed by atoms with Gasteiger partial charge in [-0.25, -0.2) is 4.79 Å². The van der Waals surface area contributed by atoms with Crippen LogP contribution in [0, 0.1) is 13.5 Å². The van der Waals surface area contributed by atoms with Gasteiger partial charge < -0.3 is 30.8 Å². The second-order valence-electron chi connectivity index (χ2n) is 7.73. The first-order valence-electron chi connectivity index (χ1n) is 10.8. The maximum Gasteiger partial charge on any atom is 0.336 e. The number of hydrogen-bond donors (Lipinski definition) is 5. The largest absolute Gasteiger partial charge is 0.481 e. The van der Waals surface area contributed by atoms with Crippen molar-refractivity contribution in [2.75, 3.05) is 12.4 Å². The zero-order valence-corrected chi connectivity index (χ0v) is 19.3. The molecule has 183 valence electrons. The van der Waals surface area contributed by atoms with Crippen LogP contribution in [0.25, 0.3) is 11.0 Å². The van der Waals surface area contributed by atoms with E-state index in [0.717, 1.165) is 12.1 Å². The van der Waals surface area contributed by atoms with Crippen LogP contribution in [0.3, 0.4) is 0 Å². The lowest BCUT2D eigenvalue weighted by atomic mass is 10.1. The monoisotopic (exact) mass is 473 g/mol. The van der Waals surface area contributed by atoms with Crippen molar-refractivity contribution in [3.05, 3.63) is 46.8 Å². The van der Waals surface area contributed by atoms with Crippen molar-refractivity contribution < 1.29 is 28.7 Å². The van der Waals surface area contributed by atoms with Gasteiger partial charge in [0.15, 0.2) is 0 Å². The summed E-state index contributed by atoms with van der Waals surface area (Å²) in [6.45, 7) is 4.75. The molecule has 1 radical (unpaired) electrons. The van der Waals surface area contributed by atoms with Gasteiger partial charge in [-0.05, 0) is 44.5 Å². The van der Waals surface area contributed by atoms with Gasteiger partial charge in [0.2, 0.25) is 17.7 Å². The number of carbonyl (C=O) groups excluding carboxylic acids is 3. The summed E-state index contributed by atoms with van der Waals surface area (Å²) in [5.74, 6) is -2.88. The number of carbonyl (C=O) groups is 4. The van der Waals surface area contributed by atoms with E-state index in [0.29, 0.717) is 23.9 Å². The fourth-order valence-corrected chi connectivity index (χ4v) is 3.34. The third-order valence-electron chi connectivity index (χ3n) is 4.98. The number of fused-ring (bicyclic) bond motifs is 1. The quantitative estimate of drug-likeness (QED) is 0.285. The van der Waals surface area contributed by atoms with Crippen molar-refractivity contribution in [3.63, 3.8) is 0 Å². The van der Waals surface area contributed by atoms with E-state index in [-0.39, 0.29) is 18.4 Å². The lowest BCUT2D eigenvalue weighted by Crippen LogP contribution is -2.53. The number of aliphatic carboxylic acids is 1. The molecule has 2 aromatic rings. The van der Waals surface area contributed by atoms with Crippen LogP contribution in [0.5, 0.6) is 0 Å². The highest BCUT2D eigenvalue weighted by Crippen LogP contribution is 2.21. The number of anilines is 1. The summed E-state index contributed by atoms with van der Waals surface area (Å²) in [7, 11) is 1.54. The van der Waals surface area contributed by atoms with Crippen LogP contribution in [0.1, 0.15) is 38.2 Å². The second-order valence-corrected chi connectivity index (χ2v) is 7.73. The van der Waals surface area contributed by atoms with E-state index < -0.39 is 41.4 Å². The van der Waals surface area contributed by atoms with Gasteiger partial charge in [-0.3, -0.25) is 19.2 Å². The normalized spacial score (nSPS) is 12.6. The van der Waals surface area contributed by atoms with Crippen molar-refractivity contribution in [1.29, 1.82) is 0 Å². The molecule has 3 amide bonds. The Bertz CT molecular complexity index is 1110. The third-order valence-corrected chi connectivity index (χ3v) is 4.98. The predicted molar refractivity (Wildman–Crippen MR) is 125 cm³/mol. The molecule has 5 N–H and O–H groups in total. The zero-order valence-electron chi connectivity index (χ0n) is 19.3. The van der Waals surface area contributed by atoms with E-state index in [1.807, 2.05) is 6.92 Å². The lowest BCUT2D eigenvalue weighted by Gasteiger charge is -2.22. The summed E-state index contributed by atoms with van der Waals surface area (Å²) >= 11 is 0. The molecule has 11 heteroatoms. The highest BCUT2D eigenvalue weighted by atomic mass is 16.4. The molecule has 0 bridgehead atoms. The number of carboxylic acid groups (broad SMARTS) is 1. The van der Waals surface area contributed by atoms with Crippen molar-refractivity contribution in [1.82, 2.24) is 16.0 Å². The fraction of sp³-hybridized carbons (Fsp3) is 0.391. The van der Waals surface area contributed by atoms with Gasteiger partial charge in [0.1, 0.15) is 24.2 Å². The predicted octanol–water partition coefficient (Wildman–Crippen LogP) is 1.06. The van der Waals surface area contributed by atoms with Crippen molar-refractivity contribution in [2.24, 2.45) is 0 Å². The van der Waals surface area contributed by atoms with Gasteiger partial charge >= 0.3 is 11.6 Å². The van der Waals surface area contributed by atoms with Gasteiger partial charge in [0, 0.05) is 29.6 Å². The van der Waals surface area contributed by atoms with Gasteiger partial charge in [0.05, 0.1) is 0 Å². The van der Waals surface area contributed by atoms with E-state index in [9.17, 15) is 24.0 Å². The number of nitrogens with one attached hydrogen (secondary N) is 4. The van der Waals surface area contributed by atoms with Gasteiger partial charge in [-0.15, -0.1) is 0 Å². The van der Waals surface area contributed by atoms with Gasteiger partial charge in [-0.1, -0.05) is 13.3 Å². The molecule has 2 unspecified atom stereocenters. The van der Waals surface area contributed by atoms with Gasteiger partial charge in [-0.2, -0.15) is 0 Å². The molecule has 0 aliphatic rings. The number of carboxylic acids is 1. The van der Waals surface area contributed by atoms with Crippen LogP contribution in [0.15, 0.2) is 33.5 Å². The highest BCUT2D eigenvalue weighted by Gasteiger charge is 2.27. The van der Waals surface area contributed by atoms with E-state index >= 15 is 0 Å². The molecule has 2 rings (SSSR count). The zero-order chi connectivity index (χ0) is 25.3. The lowest BCUT2D eigenvalue weighted by molar-refractivity contribution is -0.137. The fourth-order valence-electron chi connectivity index (χ4n) is 3.34. The van der Waals surface area contributed by atoms with Crippen LogP contribution in [-0.2, 0) is 19.2 Å². The Morgan fingerprint density at radius 3 is 2.41 bits per heavy atom.